The Kier molecular flexibility index (Phi) is 4.63. The minimum atomic E-state index is -0.189. The quantitative estimate of drug-likeness (QED) is 0.844. The number of piperidine rings is 1. The number of nitrogens with zero attached hydrogens (tertiary/aromatic N) is 2. The van der Waals surface area contributed by atoms with Crippen LogP contribution in [0.5, 0.6) is 0 Å². The van der Waals surface area contributed by atoms with Gasteiger partial charge in [0.15, 0.2) is 0 Å². The first kappa shape index (κ1) is 16.8. The first-order valence-electron chi connectivity index (χ1n) is 8.91. The van der Waals surface area contributed by atoms with Crippen molar-refractivity contribution in [1.82, 2.24) is 4.90 Å². The number of benzene rings is 1. The Morgan fingerprint density at radius 3 is 2.56 bits per heavy atom. The lowest BCUT2D eigenvalue weighted by Crippen LogP contribution is -2.58. The summed E-state index contributed by atoms with van der Waals surface area (Å²) in [6, 6.07) is 14.4. The molecular weight excluding hydrogens is 332 g/mol. The van der Waals surface area contributed by atoms with Crippen LogP contribution >= 0.6 is 11.3 Å². The molecule has 0 unspecified atom stereocenters. The summed E-state index contributed by atoms with van der Waals surface area (Å²) in [5.74, 6) is 0.0633. The van der Waals surface area contributed by atoms with E-state index in [0.717, 1.165) is 38.2 Å². The maximum atomic E-state index is 12.3. The highest BCUT2D eigenvalue weighted by Gasteiger charge is 2.42. The second kappa shape index (κ2) is 6.90. The van der Waals surface area contributed by atoms with Crippen LogP contribution in [0.25, 0.3) is 0 Å². The van der Waals surface area contributed by atoms with E-state index in [-0.39, 0.29) is 18.1 Å². The largest absolute Gasteiger partial charge is 0.363 e. The zero-order valence-electron chi connectivity index (χ0n) is 14.6. The predicted octanol–water partition coefficient (Wildman–Crippen LogP) is 3.45. The standard InChI is InChI=1S/C20H24N2O2S/c1-16-7-8-18(25-16)13-21-11-9-20(10-12-21)15-22(19(23)14-24-20)17-5-3-2-4-6-17/h2-8H,9-15H2,1H3. The van der Waals surface area contributed by atoms with Gasteiger partial charge in [-0.15, -0.1) is 11.3 Å². The third-order valence-corrected chi connectivity index (χ3v) is 6.25. The van der Waals surface area contributed by atoms with Gasteiger partial charge in [0, 0.05) is 35.1 Å². The Labute approximate surface area is 153 Å². The van der Waals surface area contributed by atoms with Gasteiger partial charge in [-0.05, 0) is 44.0 Å². The lowest BCUT2D eigenvalue weighted by Gasteiger charge is -2.47. The first-order chi connectivity index (χ1) is 12.1. The van der Waals surface area contributed by atoms with Crippen LogP contribution in [0.15, 0.2) is 42.5 Å². The molecule has 132 valence electrons. The van der Waals surface area contributed by atoms with E-state index in [2.05, 4.69) is 24.0 Å². The molecule has 25 heavy (non-hydrogen) atoms. The van der Waals surface area contributed by atoms with Gasteiger partial charge in [-0.3, -0.25) is 9.69 Å². The van der Waals surface area contributed by atoms with Gasteiger partial charge >= 0.3 is 0 Å². The topological polar surface area (TPSA) is 32.8 Å². The molecule has 2 aromatic rings. The van der Waals surface area contributed by atoms with Crippen LogP contribution in [0.2, 0.25) is 0 Å². The van der Waals surface area contributed by atoms with Crippen molar-refractivity contribution < 1.29 is 9.53 Å². The molecule has 5 heteroatoms. The maximum Gasteiger partial charge on any atom is 0.253 e. The van der Waals surface area contributed by atoms with Gasteiger partial charge in [-0.2, -0.15) is 0 Å². The first-order valence-corrected chi connectivity index (χ1v) is 9.72. The number of morpholine rings is 1. The smallest absolute Gasteiger partial charge is 0.253 e. The van der Waals surface area contributed by atoms with E-state index in [4.69, 9.17) is 4.74 Å². The van der Waals surface area contributed by atoms with Crippen molar-refractivity contribution in [3.8, 4) is 0 Å². The molecule has 2 fully saturated rings. The Hall–Kier alpha value is -1.69. The van der Waals surface area contributed by atoms with Gasteiger partial charge in [0.05, 0.1) is 12.1 Å². The van der Waals surface area contributed by atoms with Gasteiger partial charge in [0.1, 0.15) is 6.61 Å². The molecule has 0 aliphatic carbocycles. The number of anilines is 1. The minimum Gasteiger partial charge on any atom is -0.363 e. The lowest BCUT2D eigenvalue weighted by molar-refractivity contribution is -0.144. The molecule has 4 rings (SSSR count). The van der Waals surface area contributed by atoms with E-state index in [1.165, 1.54) is 9.75 Å². The zero-order chi connectivity index (χ0) is 17.3. The number of carbonyl (C=O) groups excluding carboxylic acids is 1. The third kappa shape index (κ3) is 3.64. The molecule has 1 aromatic heterocycles. The summed E-state index contributed by atoms with van der Waals surface area (Å²) in [6.45, 7) is 6.09. The molecule has 3 heterocycles. The molecule has 1 spiro atoms. The number of ether oxygens (including phenoxy) is 1. The summed E-state index contributed by atoms with van der Waals surface area (Å²) < 4.78 is 6.06. The SMILES string of the molecule is Cc1ccc(CN2CCC3(CC2)CN(c2ccccc2)C(=O)CO3)s1. The summed E-state index contributed by atoms with van der Waals surface area (Å²) >= 11 is 1.88. The molecular formula is C20H24N2O2S. The molecule has 1 amide bonds. The predicted molar refractivity (Wildman–Crippen MR) is 101 cm³/mol. The third-order valence-electron chi connectivity index (χ3n) is 5.26. The number of rotatable bonds is 3. The van der Waals surface area contributed by atoms with E-state index < -0.39 is 0 Å². The maximum absolute atomic E-state index is 12.3. The van der Waals surface area contributed by atoms with Crippen molar-refractivity contribution in [3.05, 3.63) is 52.2 Å². The lowest BCUT2D eigenvalue weighted by atomic mass is 9.89. The molecule has 2 aliphatic heterocycles. The molecule has 0 atom stereocenters. The Bertz CT molecular complexity index is 735. The molecule has 1 aromatic carbocycles. The van der Waals surface area contributed by atoms with Gasteiger partial charge in [0.2, 0.25) is 0 Å². The fourth-order valence-corrected chi connectivity index (χ4v) is 4.70. The number of hydrogen-bond donors (Lipinski definition) is 0. The Morgan fingerprint density at radius 2 is 1.88 bits per heavy atom. The zero-order valence-corrected chi connectivity index (χ0v) is 15.4. The van der Waals surface area contributed by atoms with E-state index >= 15 is 0 Å². The number of para-hydroxylation sites is 1. The Balaban J connectivity index is 1.41. The van der Waals surface area contributed by atoms with Gasteiger partial charge < -0.3 is 9.64 Å². The van der Waals surface area contributed by atoms with Crippen molar-refractivity contribution in [1.29, 1.82) is 0 Å². The van der Waals surface area contributed by atoms with Crippen LogP contribution < -0.4 is 4.90 Å². The minimum absolute atomic E-state index is 0.0633. The van der Waals surface area contributed by atoms with Crippen LogP contribution in [-0.2, 0) is 16.1 Å². The second-order valence-electron chi connectivity index (χ2n) is 7.08. The molecule has 4 nitrogen and oxygen atoms in total. The van der Waals surface area contributed by atoms with Crippen molar-refractivity contribution in [2.24, 2.45) is 0 Å². The van der Waals surface area contributed by atoms with Crippen molar-refractivity contribution >= 4 is 22.9 Å². The summed E-state index contributed by atoms with van der Waals surface area (Å²) in [7, 11) is 0. The van der Waals surface area contributed by atoms with Crippen LogP contribution in [-0.4, -0.2) is 42.6 Å². The van der Waals surface area contributed by atoms with Crippen LogP contribution in [0.4, 0.5) is 5.69 Å². The van der Waals surface area contributed by atoms with Gasteiger partial charge in [-0.25, -0.2) is 0 Å². The number of hydrogen-bond acceptors (Lipinski definition) is 4. The normalized spacial score (nSPS) is 21.0. The van der Waals surface area contributed by atoms with Crippen molar-refractivity contribution in [2.45, 2.75) is 31.9 Å². The average molecular weight is 356 g/mol. The van der Waals surface area contributed by atoms with E-state index in [1.54, 1.807) is 0 Å². The molecule has 2 aliphatic rings. The molecule has 0 N–H and O–H groups in total. The van der Waals surface area contributed by atoms with Crippen LogP contribution in [0, 0.1) is 6.92 Å². The number of thiophene rings is 1. The Morgan fingerprint density at radius 1 is 1.12 bits per heavy atom. The summed E-state index contributed by atoms with van der Waals surface area (Å²) in [5, 5.41) is 0. The monoisotopic (exact) mass is 356 g/mol. The summed E-state index contributed by atoms with van der Waals surface area (Å²) in [6.07, 6.45) is 1.96. The highest BCUT2D eigenvalue weighted by atomic mass is 32.1. The van der Waals surface area contributed by atoms with Crippen LogP contribution in [0.3, 0.4) is 0 Å². The molecule has 0 radical (unpaired) electrons. The van der Waals surface area contributed by atoms with Crippen molar-refractivity contribution in [2.75, 3.05) is 31.1 Å². The summed E-state index contributed by atoms with van der Waals surface area (Å²) in [5.41, 5.74) is 0.790. The molecule has 0 bridgehead atoms. The number of carbonyl (C=O) groups is 1. The van der Waals surface area contributed by atoms with Crippen molar-refractivity contribution in [3.63, 3.8) is 0 Å². The van der Waals surface area contributed by atoms with E-state index in [0.29, 0.717) is 6.54 Å². The van der Waals surface area contributed by atoms with Gasteiger partial charge in [0.25, 0.3) is 5.91 Å². The van der Waals surface area contributed by atoms with E-state index in [1.807, 2.05) is 46.6 Å². The van der Waals surface area contributed by atoms with Crippen LogP contribution in [0.1, 0.15) is 22.6 Å². The van der Waals surface area contributed by atoms with Gasteiger partial charge in [-0.1, -0.05) is 18.2 Å². The fraction of sp³-hybridized carbons (Fsp3) is 0.450. The van der Waals surface area contributed by atoms with E-state index in [9.17, 15) is 4.79 Å². The number of amides is 1. The number of aryl methyl sites for hydroxylation is 1. The number of likely N-dealkylation sites (tertiary alicyclic amines) is 1. The molecule has 0 saturated carbocycles. The highest BCUT2D eigenvalue weighted by molar-refractivity contribution is 7.11. The second-order valence-corrected chi connectivity index (χ2v) is 8.45. The highest BCUT2D eigenvalue weighted by Crippen LogP contribution is 2.33. The summed E-state index contributed by atoms with van der Waals surface area (Å²) in [4.78, 5) is 19.5. The fourth-order valence-electron chi connectivity index (χ4n) is 3.77. The molecule has 2 saturated heterocycles. The average Bonchev–Trinajstić information content (AvgIpc) is 3.05.